The number of hydrogen-bond acceptors (Lipinski definition) is 3. The first-order valence-electron chi connectivity index (χ1n) is 7.78. The molecule has 1 aliphatic heterocycles. The van der Waals surface area contributed by atoms with Gasteiger partial charge in [-0.1, -0.05) is 48.0 Å². The molecule has 6 heteroatoms. The number of hydrogen-bond donors (Lipinski definition) is 0. The van der Waals surface area contributed by atoms with Gasteiger partial charge in [0.1, 0.15) is 0 Å². The number of carbonyl (C=O) groups excluding carboxylic acids is 1. The number of amides is 1. The summed E-state index contributed by atoms with van der Waals surface area (Å²) in [4.78, 5) is 14.4. The molecule has 1 aliphatic rings. The molecule has 0 N–H and O–H groups in total. The topological polar surface area (TPSA) is 54.5 Å². The molecule has 0 spiro atoms. The number of halogens is 1. The van der Waals surface area contributed by atoms with Gasteiger partial charge < -0.3 is 4.90 Å². The quantitative estimate of drug-likeness (QED) is 0.839. The van der Waals surface area contributed by atoms with Crippen molar-refractivity contribution >= 4 is 27.3 Å². The fourth-order valence-electron chi connectivity index (χ4n) is 2.93. The number of rotatable bonds is 4. The van der Waals surface area contributed by atoms with Crippen LogP contribution in [0.1, 0.15) is 12.0 Å². The highest BCUT2D eigenvalue weighted by Gasteiger charge is 2.35. The van der Waals surface area contributed by atoms with Gasteiger partial charge in [0.05, 0.1) is 16.6 Å². The molecule has 1 atom stereocenters. The Morgan fingerprint density at radius 2 is 1.75 bits per heavy atom. The molecule has 2 aromatic rings. The molecule has 1 heterocycles. The van der Waals surface area contributed by atoms with Gasteiger partial charge in [0.25, 0.3) is 0 Å². The molecule has 2 aromatic carbocycles. The second-order valence-corrected chi connectivity index (χ2v) is 8.51. The molecule has 0 aliphatic carbocycles. The zero-order valence-corrected chi connectivity index (χ0v) is 14.6. The highest BCUT2D eigenvalue weighted by molar-refractivity contribution is 7.92. The van der Waals surface area contributed by atoms with Crippen LogP contribution in [0.25, 0.3) is 0 Å². The van der Waals surface area contributed by atoms with Gasteiger partial charge >= 0.3 is 0 Å². The van der Waals surface area contributed by atoms with Crippen LogP contribution in [0.2, 0.25) is 5.02 Å². The standard InChI is InChI=1S/C18H18ClNO3S/c19-17-9-5-4-6-14(17)12-18(21)20-11-10-16(13-20)24(22,23)15-7-2-1-3-8-15/h1-9,16H,10-13H2/t16-/m1/s1. The van der Waals surface area contributed by atoms with Crippen LogP contribution in [0, 0.1) is 0 Å². The van der Waals surface area contributed by atoms with Gasteiger partial charge in [0.15, 0.2) is 9.84 Å². The third kappa shape index (κ3) is 3.47. The molecule has 1 fully saturated rings. The summed E-state index contributed by atoms with van der Waals surface area (Å²) in [6.45, 7) is 0.695. The third-order valence-corrected chi connectivity index (χ3v) is 6.87. The lowest BCUT2D eigenvalue weighted by Crippen LogP contribution is -2.33. The molecule has 0 bridgehead atoms. The fraction of sp³-hybridized carbons (Fsp3) is 0.278. The minimum Gasteiger partial charge on any atom is -0.341 e. The molecular weight excluding hydrogens is 346 g/mol. The first kappa shape index (κ1) is 17.0. The monoisotopic (exact) mass is 363 g/mol. The Kier molecular flexibility index (Phi) is 4.92. The summed E-state index contributed by atoms with van der Waals surface area (Å²) in [5.74, 6) is -0.0890. The number of carbonyl (C=O) groups is 1. The van der Waals surface area contributed by atoms with Crippen LogP contribution >= 0.6 is 11.6 Å². The van der Waals surface area contributed by atoms with E-state index in [1.165, 1.54) is 0 Å². The first-order valence-corrected chi connectivity index (χ1v) is 9.71. The SMILES string of the molecule is O=C(Cc1ccccc1Cl)N1CC[C@@H](S(=O)(=O)c2ccccc2)C1. The van der Waals surface area contributed by atoms with Crippen LogP contribution in [0.15, 0.2) is 59.5 Å². The Morgan fingerprint density at radius 1 is 1.08 bits per heavy atom. The molecule has 0 unspecified atom stereocenters. The van der Waals surface area contributed by atoms with E-state index in [0.29, 0.717) is 22.9 Å². The number of likely N-dealkylation sites (tertiary alicyclic amines) is 1. The summed E-state index contributed by atoms with van der Waals surface area (Å²) in [6.07, 6.45) is 0.656. The average molecular weight is 364 g/mol. The van der Waals surface area contributed by atoms with E-state index in [1.54, 1.807) is 41.3 Å². The van der Waals surface area contributed by atoms with E-state index >= 15 is 0 Å². The Bertz CT molecular complexity index is 836. The summed E-state index contributed by atoms with van der Waals surface area (Å²) in [7, 11) is -3.41. The van der Waals surface area contributed by atoms with Crippen molar-refractivity contribution in [3.8, 4) is 0 Å². The summed E-state index contributed by atoms with van der Waals surface area (Å²) < 4.78 is 25.3. The molecule has 4 nitrogen and oxygen atoms in total. The predicted molar refractivity (Wildman–Crippen MR) is 93.8 cm³/mol. The second-order valence-electron chi connectivity index (χ2n) is 5.88. The van der Waals surface area contributed by atoms with Gasteiger partial charge in [-0.25, -0.2) is 8.42 Å². The van der Waals surface area contributed by atoms with Gasteiger partial charge in [0.2, 0.25) is 5.91 Å². The van der Waals surface area contributed by atoms with Gasteiger partial charge in [0, 0.05) is 18.1 Å². The van der Waals surface area contributed by atoms with Crippen molar-refractivity contribution in [2.24, 2.45) is 0 Å². The van der Waals surface area contributed by atoms with Crippen LogP contribution in [-0.2, 0) is 21.1 Å². The van der Waals surface area contributed by atoms with E-state index in [-0.39, 0.29) is 18.9 Å². The van der Waals surface area contributed by atoms with E-state index in [1.807, 2.05) is 18.2 Å². The van der Waals surface area contributed by atoms with Crippen LogP contribution in [0.5, 0.6) is 0 Å². The maximum Gasteiger partial charge on any atom is 0.227 e. The normalized spacial score (nSPS) is 17.9. The van der Waals surface area contributed by atoms with E-state index < -0.39 is 15.1 Å². The van der Waals surface area contributed by atoms with Crippen molar-refractivity contribution in [1.82, 2.24) is 4.90 Å². The summed E-state index contributed by atoms with van der Waals surface area (Å²) in [5.41, 5.74) is 0.763. The van der Waals surface area contributed by atoms with E-state index in [4.69, 9.17) is 11.6 Å². The molecular formula is C18H18ClNO3S. The maximum atomic E-state index is 12.7. The molecule has 1 saturated heterocycles. The lowest BCUT2D eigenvalue weighted by Gasteiger charge is -2.17. The smallest absolute Gasteiger partial charge is 0.227 e. The maximum absolute atomic E-state index is 12.7. The average Bonchev–Trinajstić information content (AvgIpc) is 3.09. The van der Waals surface area contributed by atoms with Gasteiger partial charge in [-0.2, -0.15) is 0 Å². The minimum absolute atomic E-state index is 0.0890. The fourth-order valence-corrected chi connectivity index (χ4v) is 4.84. The highest BCUT2D eigenvalue weighted by Crippen LogP contribution is 2.25. The highest BCUT2D eigenvalue weighted by atomic mass is 35.5. The Balaban J connectivity index is 1.69. The van der Waals surface area contributed by atoms with Crippen molar-refractivity contribution in [1.29, 1.82) is 0 Å². The van der Waals surface area contributed by atoms with Gasteiger partial charge in [-0.15, -0.1) is 0 Å². The van der Waals surface area contributed by atoms with Crippen LogP contribution in [0.3, 0.4) is 0 Å². The predicted octanol–water partition coefficient (Wildman–Crippen LogP) is 2.96. The number of sulfone groups is 1. The summed E-state index contributed by atoms with van der Waals surface area (Å²) >= 11 is 6.09. The van der Waals surface area contributed by atoms with E-state index in [9.17, 15) is 13.2 Å². The van der Waals surface area contributed by atoms with Gasteiger partial charge in [-0.05, 0) is 30.2 Å². The van der Waals surface area contributed by atoms with Crippen molar-refractivity contribution in [3.63, 3.8) is 0 Å². The van der Waals surface area contributed by atoms with Crippen molar-refractivity contribution < 1.29 is 13.2 Å². The Labute approximate surface area is 147 Å². The lowest BCUT2D eigenvalue weighted by atomic mass is 10.1. The van der Waals surface area contributed by atoms with Crippen molar-refractivity contribution in [2.45, 2.75) is 23.0 Å². The van der Waals surface area contributed by atoms with E-state index in [2.05, 4.69) is 0 Å². The molecule has 0 aromatic heterocycles. The summed E-state index contributed by atoms with van der Waals surface area (Å²) in [6, 6.07) is 15.6. The largest absolute Gasteiger partial charge is 0.341 e. The van der Waals surface area contributed by atoms with E-state index in [0.717, 1.165) is 5.56 Å². The molecule has 3 rings (SSSR count). The molecule has 0 saturated carbocycles. The second kappa shape index (κ2) is 6.95. The van der Waals surface area contributed by atoms with Crippen molar-refractivity contribution in [2.75, 3.05) is 13.1 Å². The van der Waals surface area contributed by atoms with Crippen LogP contribution < -0.4 is 0 Å². The molecule has 0 radical (unpaired) electrons. The lowest BCUT2D eigenvalue weighted by molar-refractivity contribution is -0.129. The number of nitrogens with zero attached hydrogens (tertiary/aromatic N) is 1. The van der Waals surface area contributed by atoms with Crippen molar-refractivity contribution in [3.05, 3.63) is 65.2 Å². The Morgan fingerprint density at radius 3 is 2.46 bits per heavy atom. The molecule has 1 amide bonds. The zero-order chi connectivity index (χ0) is 17.2. The first-order chi connectivity index (χ1) is 11.5. The third-order valence-electron chi connectivity index (χ3n) is 4.31. The van der Waals surface area contributed by atoms with Gasteiger partial charge in [-0.3, -0.25) is 4.79 Å². The number of benzene rings is 2. The summed E-state index contributed by atoms with van der Waals surface area (Å²) in [5, 5.41) is 0.00796. The Hall–Kier alpha value is -1.85. The molecule has 126 valence electrons. The minimum atomic E-state index is -3.41. The zero-order valence-electron chi connectivity index (χ0n) is 13.1. The van der Waals surface area contributed by atoms with Crippen LogP contribution in [0.4, 0.5) is 0 Å². The molecule has 24 heavy (non-hydrogen) atoms. The van der Waals surface area contributed by atoms with Crippen LogP contribution in [-0.4, -0.2) is 37.6 Å².